The molecule has 0 aromatic carbocycles. The van der Waals surface area contributed by atoms with Gasteiger partial charge in [0.25, 0.3) is 0 Å². The Bertz CT molecular complexity index is 551. The molecule has 0 aliphatic heterocycles. The highest BCUT2D eigenvalue weighted by Crippen LogP contribution is 2.30. The van der Waals surface area contributed by atoms with E-state index in [1.54, 1.807) is 11.3 Å². The van der Waals surface area contributed by atoms with E-state index in [0.717, 1.165) is 44.5 Å². The zero-order valence-electron chi connectivity index (χ0n) is 10.7. The number of rotatable bonds is 4. The molecular formula is C13H16BrN3S. The zero-order valence-corrected chi connectivity index (χ0v) is 13.2. The SMILES string of the molecule is CCCNc1nc(-c2ccc(Br)s2)nc(C)c1C. The number of aryl methyl sites for hydroxylation is 1. The largest absolute Gasteiger partial charge is 0.370 e. The van der Waals surface area contributed by atoms with Gasteiger partial charge < -0.3 is 5.32 Å². The van der Waals surface area contributed by atoms with Crippen molar-refractivity contribution in [1.82, 2.24) is 9.97 Å². The van der Waals surface area contributed by atoms with E-state index in [1.165, 1.54) is 0 Å². The van der Waals surface area contributed by atoms with E-state index in [9.17, 15) is 0 Å². The predicted octanol–water partition coefficient (Wildman–Crippen LogP) is 4.41. The summed E-state index contributed by atoms with van der Waals surface area (Å²) in [5.41, 5.74) is 2.16. The molecule has 1 N–H and O–H groups in total. The Morgan fingerprint density at radius 3 is 2.67 bits per heavy atom. The average Bonchev–Trinajstić information content (AvgIpc) is 2.77. The maximum Gasteiger partial charge on any atom is 0.171 e. The Balaban J connectivity index is 2.40. The smallest absolute Gasteiger partial charge is 0.171 e. The quantitative estimate of drug-likeness (QED) is 0.904. The Morgan fingerprint density at radius 2 is 2.06 bits per heavy atom. The molecule has 0 aliphatic carbocycles. The number of aromatic nitrogens is 2. The summed E-state index contributed by atoms with van der Waals surface area (Å²) in [6.07, 6.45) is 1.09. The number of nitrogens with one attached hydrogen (secondary N) is 1. The molecule has 0 radical (unpaired) electrons. The molecule has 2 rings (SSSR count). The minimum absolute atomic E-state index is 0.799. The van der Waals surface area contributed by atoms with Crippen LogP contribution >= 0.6 is 27.3 Å². The summed E-state index contributed by atoms with van der Waals surface area (Å²) in [5.74, 6) is 1.75. The minimum atomic E-state index is 0.799. The van der Waals surface area contributed by atoms with Crippen molar-refractivity contribution >= 4 is 33.1 Å². The summed E-state index contributed by atoms with van der Waals surface area (Å²) in [6.45, 7) is 7.17. The molecular weight excluding hydrogens is 310 g/mol. The summed E-state index contributed by atoms with van der Waals surface area (Å²) < 4.78 is 1.10. The number of hydrogen-bond acceptors (Lipinski definition) is 4. The van der Waals surface area contributed by atoms with Gasteiger partial charge in [-0.1, -0.05) is 6.92 Å². The number of thiophene rings is 1. The molecule has 0 spiro atoms. The van der Waals surface area contributed by atoms with Gasteiger partial charge >= 0.3 is 0 Å². The monoisotopic (exact) mass is 325 g/mol. The second kappa shape index (κ2) is 5.80. The number of halogens is 1. The summed E-state index contributed by atoms with van der Waals surface area (Å²) in [5, 5.41) is 3.36. The van der Waals surface area contributed by atoms with Gasteiger partial charge in [-0.2, -0.15) is 0 Å². The standard InChI is InChI=1S/C13H16BrN3S/c1-4-7-15-12-8(2)9(3)16-13(17-12)10-5-6-11(14)18-10/h5-6H,4,7H2,1-3H3,(H,15,16,17). The third-order valence-electron chi connectivity index (χ3n) is 2.73. The van der Waals surface area contributed by atoms with Crippen LogP contribution in [0.25, 0.3) is 10.7 Å². The molecule has 5 heteroatoms. The van der Waals surface area contributed by atoms with Crippen molar-refractivity contribution < 1.29 is 0 Å². The van der Waals surface area contributed by atoms with Crippen LogP contribution in [0.1, 0.15) is 24.6 Å². The van der Waals surface area contributed by atoms with Gasteiger partial charge in [0.1, 0.15) is 5.82 Å². The topological polar surface area (TPSA) is 37.8 Å². The van der Waals surface area contributed by atoms with Gasteiger partial charge in [-0.05, 0) is 48.3 Å². The molecule has 0 saturated carbocycles. The molecule has 0 saturated heterocycles. The molecule has 0 fully saturated rings. The van der Waals surface area contributed by atoms with Gasteiger partial charge in [0, 0.05) is 17.8 Å². The first-order valence-corrected chi connectivity index (χ1v) is 7.57. The third kappa shape index (κ3) is 2.90. The normalized spacial score (nSPS) is 10.7. The number of nitrogens with zero attached hydrogens (tertiary/aromatic N) is 2. The first-order chi connectivity index (χ1) is 8.61. The van der Waals surface area contributed by atoms with E-state index in [4.69, 9.17) is 0 Å². The molecule has 0 bridgehead atoms. The highest BCUT2D eigenvalue weighted by molar-refractivity contribution is 9.11. The zero-order chi connectivity index (χ0) is 13.1. The second-order valence-corrected chi connectivity index (χ2v) is 6.60. The van der Waals surface area contributed by atoms with E-state index in [-0.39, 0.29) is 0 Å². The lowest BCUT2D eigenvalue weighted by Gasteiger charge is -2.10. The van der Waals surface area contributed by atoms with Crippen LogP contribution in [0.15, 0.2) is 15.9 Å². The first-order valence-electron chi connectivity index (χ1n) is 5.96. The van der Waals surface area contributed by atoms with Crippen molar-refractivity contribution in [3.63, 3.8) is 0 Å². The highest BCUT2D eigenvalue weighted by atomic mass is 79.9. The van der Waals surface area contributed by atoms with Crippen LogP contribution in [0.3, 0.4) is 0 Å². The second-order valence-electron chi connectivity index (χ2n) is 4.14. The fourth-order valence-electron chi connectivity index (χ4n) is 1.59. The van der Waals surface area contributed by atoms with Crippen molar-refractivity contribution in [1.29, 1.82) is 0 Å². The van der Waals surface area contributed by atoms with Crippen LogP contribution in [-0.4, -0.2) is 16.5 Å². The van der Waals surface area contributed by atoms with Crippen LogP contribution in [0, 0.1) is 13.8 Å². The molecule has 3 nitrogen and oxygen atoms in total. The molecule has 18 heavy (non-hydrogen) atoms. The van der Waals surface area contributed by atoms with Gasteiger partial charge in [-0.25, -0.2) is 9.97 Å². The van der Waals surface area contributed by atoms with Crippen LogP contribution in [0.5, 0.6) is 0 Å². The Labute approximate surface area is 120 Å². The van der Waals surface area contributed by atoms with Gasteiger partial charge in [-0.3, -0.25) is 0 Å². The molecule has 96 valence electrons. The van der Waals surface area contributed by atoms with Gasteiger partial charge in [0.15, 0.2) is 5.82 Å². The van der Waals surface area contributed by atoms with Gasteiger partial charge in [-0.15, -0.1) is 11.3 Å². The number of hydrogen-bond donors (Lipinski definition) is 1. The van der Waals surface area contributed by atoms with Crippen LogP contribution in [0.4, 0.5) is 5.82 Å². The maximum atomic E-state index is 4.62. The molecule has 0 unspecified atom stereocenters. The Kier molecular flexibility index (Phi) is 4.35. The molecule has 0 amide bonds. The minimum Gasteiger partial charge on any atom is -0.370 e. The fraction of sp³-hybridized carbons (Fsp3) is 0.385. The lowest BCUT2D eigenvalue weighted by atomic mass is 10.2. The van der Waals surface area contributed by atoms with Gasteiger partial charge in [0.05, 0.1) is 8.66 Å². The first kappa shape index (κ1) is 13.5. The van der Waals surface area contributed by atoms with Gasteiger partial charge in [0.2, 0.25) is 0 Å². The summed E-state index contributed by atoms with van der Waals surface area (Å²) in [7, 11) is 0. The lowest BCUT2D eigenvalue weighted by molar-refractivity contribution is 0.955. The van der Waals surface area contributed by atoms with Crippen LogP contribution < -0.4 is 5.32 Å². The summed E-state index contributed by atoms with van der Waals surface area (Å²) in [4.78, 5) is 10.3. The van der Waals surface area contributed by atoms with E-state index in [2.05, 4.69) is 45.1 Å². The molecule has 0 aliphatic rings. The highest BCUT2D eigenvalue weighted by Gasteiger charge is 2.10. The number of anilines is 1. The van der Waals surface area contributed by atoms with Crippen molar-refractivity contribution in [2.24, 2.45) is 0 Å². The fourth-order valence-corrected chi connectivity index (χ4v) is 2.91. The van der Waals surface area contributed by atoms with E-state index in [0.29, 0.717) is 0 Å². The Hall–Kier alpha value is -0.940. The summed E-state index contributed by atoms with van der Waals surface area (Å²) >= 11 is 5.12. The van der Waals surface area contributed by atoms with E-state index < -0.39 is 0 Å². The van der Waals surface area contributed by atoms with E-state index >= 15 is 0 Å². The van der Waals surface area contributed by atoms with Crippen LogP contribution in [-0.2, 0) is 0 Å². The van der Waals surface area contributed by atoms with E-state index in [1.807, 2.05) is 19.1 Å². The van der Waals surface area contributed by atoms with Crippen LogP contribution in [0.2, 0.25) is 0 Å². The van der Waals surface area contributed by atoms with Crippen molar-refractivity contribution in [2.75, 3.05) is 11.9 Å². The maximum absolute atomic E-state index is 4.62. The summed E-state index contributed by atoms with van der Waals surface area (Å²) in [6, 6.07) is 4.07. The molecule has 2 aromatic heterocycles. The molecule has 2 heterocycles. The molecule has 2 aromatic rings. The average molecular weight is 326 g/mol. The lowest BCUT2D eigenvalue weighted by Crippen LogP contribution is -2.07. The molecule has 0 atom stereocenters. The van der Waals surface area contributed by atoms with Crippen molar-refractivity contribution in [3.05, 3.63) is 27.2 Å². The Morgan fingerprint density at radius 1 is 1.28 bits per heavy atom. The van der Waals surface area contributed by atoms with Crippen molar-refractivity contribution in [2.45, 2.75) is 27.2 Å². The third-order valence-corrected chi connectivity index (χ3v) is 4.34. The van der Waals surface area contributed by atoms with Crippen molar-refractivity contribution in [3.8, 4) is 10.7 Å². The predicted molar refractivity (Wildman–Crippen MR) is 81.3 cm³/mol.